The highest BCUT2D eigenvalue weighted by Crippen LogP contribution is 2.27. The molecule has 7 N–H and O–H groups in total. The fourth-order valence-electron chi connectivity index (χ4n) is 9.09. The predicted octanol–water partition coefficient (Wildman–Crippen LogP) is 11.2. The molecule has 0 radical (unpaired) electrons. The summed E-state index contributed by atoms with van der Waals surface area (Å²) in [7, 11) is 0. The van der Waals surface area contributed by atoms with Crippen LogP contribution in [0.2, 0.25) is 0 Å². The molecule has 2 aliphatic heterocycles. The Bertz CT molecular complexity index is 1590. The minimum atomic E-state index is -1.72. The van der Waals surface area contributed by atoms with Crippen LogP contribution in [0.5, 0.6) is 0 Å². The summed E-state index contributed by atoms with van der Waals surface area (Å²) in [5, 5.41) is 72.4. The Hall–Kier alpha value is -2.83. The van der Waals surface area contributed by atoms with Crippen molar-refractivity contribution in [1.82, 2.24) is 0 Å². The third-order valence-electron chi connectivity index (χ3n) is 13.9. The van der Waals surface area contributed by atoms with E-state index in [2.05, 4.69) is 98.9 Å². The number of esters is 1. The monoisotopic (exact) mass is 1090 g/mol. The standard InChI is InChI=1S/C63H108O14/c1-3-5-7-9-11-13-15-17-19-21-22-23-24-25-26-27-28-29-31-33-35-37-39-41-43-45-47-72-49-52(75-55(65)46-44-42-40-38-36-34-32-30-20-18-16-14-12-10-8-6-4-2)50-73-62-61(71)59(69)57(67)54(77-62)51-74-63-60(70)58(68)56(66)53(48-64)76-63/h5,7,11,13,17,19,22-23,25-26,28-29,33,35,52-54,56-64,66-71H,3-4,6,8-10,12,14-16,18,20-21,24,27,30-32,34,36-51H2,1-2H3/b7-5-,13-11-,19-17-,23-22-,26-25-,29-28-,35-33-. The first-order valence-corrected chi connectivity index (χ1v) is 30.2. The second-order valence-electron chi connectivity index (χ2n) is 20.8. The number of carbonyl (C=O) groups is 1. The van der Waals surface area contributed by atoms with E-state index in [1.807, 2.05) is 0 Å². The van der Waals surface area contributed by atoms with Gasteiger partial charge in [0.05, 0.1) is 26.4 Å². The quantitative estimate of drug-likeness (QED) is 0.0172. The van der Waals surface area contributed by atoms with Gasteiger partial charge in [-0.2, -0.15) is 0 Å². The molecule has 14 heteroatoms. The molecule has 2 rings (SSSR count). The number of allylic oxidation sites excluding steroid dienone is 14. The van der Waals surface area contributed by atoms with E-state index in [-0.39, 0.29) is 25.6 Å². The van der Waals surface area contributed by atoms with Crippen LogP contribution >= 0.6 is 0 Å². The van der Waals surface area contributed by atoms with Crippen LogP contribution in [0.15, 0.2) is 85.1 Å². The smallest absolute Gasteiger partial charge is 0.306 e. The Morgan fingerprint density at radius 2 is 0.844 bits per heavy atom. The Balaban J connectivity index is 1.72. The third-order valence-corrected chi connectivity index (χ3v) is 13.9. The van der Waals surface area contributed by atoms with Gasteiger partial charge in [-0.15, -0.1) is 0 Å². The predicted molar refractivity (Wildman–Crippen MR) is 307 cm³/mol. The second kappa shape index (κ2) is 49.0. The third kappa shape index (κ3) is 35.5. The van der Waals surface area contributed by atoms with Gasteiger partial charge in [0.15, 0.2) is 12.6 Å². The summed E-state index contributed by atoms with van der Waals surface area (Å²) in [6, 6.07) is 0. The lowest BCUT2D eigenvalue weighted by Crippen LogP contribution is -2.61. The summed E-state index contributed by atoms with van der Waals surface area (Å²) in [6.45, 7) is 3.52. The highest BCUT2D eigenvalue weighted by atomic mass is 16.7. The van der Waals surface area contributed by atoms with E-state index in [0.717, 1.165) is 96.3 Å². The molecule has 77 heavy (non-hydrogen) atoms. The Morgan fingerprint density at radius 3 is 1.32 bits per heavy atom. The molecule has 2 heterocycles. The largest absolute Gasteiger partial charge is 0.457 e. The molecule has 2 fully saturated rings. The Labute approximate surface area is 465 Å². The molecule has 0 aromatic carbocycles. The summed E-state index contributed by atoms with van der Waals surface area (Å²) in [5.74, 6) is -0.386. The van der Waals surface area contributed by atoms with Gasteiger partial charge in [0.2, 0.25) is 0 Å². The van der Waals surface area contributed by atoms with Gasteiger partial charge in [-0.1, -0.05) is 214 Å². The van der Waals surface area contributed by atoms with Crippen molar-refractivity contribution in [2.45, 2.75) is 274 Å². The highest BCUT2D eigenvalue weighted by molar-refractivity contribution is 5.69. The molecule has 11 unspecified atom stereocenters. The molecule has 444 valence electrons. The number of aliphatic hydroxyl groups is 7. The maximum absolute atomic E-state index is 13.1. The van der Waals surface area contributed by atoms with Gasteiger partial charge < -0.3 is 64.2 Å². The first-order valence-electron chi connectivity index (χ1n) is 30.2. The number of ether oxygens (including phenoxy) is 6. The fourth-order valence-corrected chi connectivity index (χ4v) is 9.09. The first-order chi connectivity index (χ1) is 37.6. The van der Waals surface area contributed by atoms with Gasteiger partial charge >= 0.3 is 5.97 Å². The maximum atomic E-state index is 13.1. The van der Waals surface area contributed by atoms with Crippen LogP contribution in [-0.4, -0.2) is 142 Å². The number of hydrogen-bond donors (Lipinski definition) is 7. The molecule has 0 amide bonds. The molecule has 0 bridgehead atoms. The first kappa shape index (κ1) is 70.3. The number of hydrogen-bond acceptors (Lipinski definition) is 14. The van der Waals surface area contributed by atoms with Crippen molar-refractivity contribution < 1.29 is 69.0 Å². The van der Waals surface area contributed by atoms with Crippen LogP contribution in [0, 0.1) is 0 Å². The van der Waals surface area contributed by atoms with Crippen LogP contribution in [-0.2, 0) is 33.2 Å². The lowest BCUT2D eigenvalue weighted by Gasteiger charge is -2.42. The van der Waals surface area contributed by atoms with E-state index < -0.39 is 80.7 Å². The molecular formula is C63H108O14. The van der Waals surface area contributed by atoms with Gasteiger partial charge in [-0.3, -0.25) is 4.79 Å². The van der Waals surface area contributed by atoms with Crippen LogP contribution < -0.4 is 0 Å². The number of aliphatic hydroxyl groups excluding tert-OH is 7. The number of carbonyl (C=O) groups excluding carboxylic acids is 1. The normalized spacial score (nSPS) is 24.9. The fraction of sp³-hybridized carbons (Fsp3) is 0.762. The second-order valence-corrected chi connectivity index (χ2v) is 20.8. The zero-order valence-electron chi connectivity index (χ0n) is 47.7. The molecular weight excluding hydrogens is 981 g/mol. The maximum Gasteiger partial charge on any atom is 0.306 e. The minimum absolute atomic E-state index is 0.0414. The minimum Gasteiger partial charge on any atom is -0.457 e. The van der Waals surface area contributed by atoms with Crippen molar-refractivity contribution in [2.75, 3.05) is 33.0 Å². The zero-order chi connectivity index (χ0) is 55.8. The van der Waals surface area contributed by atoms with Gasteiger partial charge in [0, 0.05) is 13.0 Å². The summed E-state index contributed by atoms with van der Waals surface area (Å²) < 4.78 is 34.4. The topological polar surface area (TPSA) is 214 Å². The van der Waals surface area contributed by atoms with E-state index in [1.54, 1.807) is 0 Å². The average Bonchev–Trinajstić information content (AvgIpc) is 3.43. The van der Waals surface area contributed by atoms with E-state index in [4.69, 9.17) is 28.4 Å². The van der Waals surface area contributed by atoms with Crippen molar-refractivity contribution >= 4 is 5.97 Å². The van der Waals surface area contributed by atoms with Gasteiger partial charge in [0.25, 0.3) is 0 Å². The Morgan fingerprint density at radius 1 is 0.442 bits per heavy atom. The number of unbranched alkanes of at least 4 members (excludes halogenated alkanes) is 20. The van der Waals surface area contributed by atoms with Crippen LogP contribution in [0.4, 0.5) is 0 Å². The van der Waals surface area contributed by atoms with E-state index in [1.165, 1.54) is 83.5 Å². The molecule has 2 saturated heterocycles. The van der Waals surface area contributed by atoms with E-state index in [9.17, 15) is 40.5 Å². The van der Waals surface area contributed by atoms with Crippen molar-refractivity contribution in [1.29, 1.82) is 0 Å². The molecule has 0 saturated carbocycles. The van der Waals surface area contributed by atoms with Crippen molar-refractivity contribution in [3.63, 3.8) is 0 Å². The highest BCUT2D eigenvalue weighted by Gasteiger charge is 2.47. The van der Waals surface area contributed by atoms with Crippen molar-refractivity contribution in [3.05, 3.63) is 85.1 Å². The molecule has 0 spiro atoms. The average molecular weight is 1090 g/mol. The summed E-state index contributed by atoms with van der Waals surface area (Å²) >= 11 is 0. The lowest BCUT2D eigenvalue weighted by atomic mass is 9.98. The molecule has 0 aromatic rings. The van der Waals surface area contributed by atoms with Crippen LogP contribution in [0.25, 0.3) is 0 Å². The molecule has 11 atom stereocenters. The molecule has 0 aliphatic carbocycles. The van der Waals surface area contributed by atoms with Gasteiger partial charge in [-0.05, 0) is 70.6 Å². The van der Waals surface area contributed by atoms with E-state index in [0.29, 0.717) is 13.0 Å². The van der Waals surface area contributed by atoms with Crippen LogP contribution in [0.1, 0.15) is 206 Å². The molecule has 14 nitrogen and oxygen atoms in total. The molecule has 0 aromatic heterocycles. The summed E-state index contributed by atoms with van der Waals surface area (Å²) in [5.41, 5.74) is 0. The van der Waals surface area contributed by atoms with Crippen molar-refractivity contribution in [3.8, 4) is 0 Å². The summed E-state index contributed by atoms with van der Waals surface area (Å²) in [4.78, 5) is 13.1. The summed E-state index contributed by atoms with van der Waals surface area (Å²) in [6.07, 6.45) is 47.8. The van der Waals surface area contributed by atoms with Gasteiger partial charge in [0.1, 0.15) is 54.9 Å². The number of rotatable bonds is 48. The van der Waals surface area contributed by atoms with Gasteiger partial charge in [-0.25, -0.2) is 0 Å². The van der Waals surface area contributed by atoms with Crippen LogP contribution in [0.3, 0.4) is 0 Å². The zero-order valence-corrected chi connectivity index (χ0v) is 47.7. The van der Waals surface area contributed by atoms with E-state index >= 15 is 0 Å². The van der Waals surface area contributed by atoms with Crippen molar-refractivity contribution in [2.24, 2.45) is 0 Å². The molecule has 2 aliphatic rings. The SMILES string of the molecule is CC/C=C\C/C=C\C/C=C\C/C=C\C/C=C\C/C=C\C/C=C\CCCCCCOCC(COC1OC(COC2OC(CO)C(O)C(O)C2O)C(O)C(O)C1O)OC(=O)CCCCCCCCCCCCCCCCCCC. The Kier molecular flexibility index (Phi) is 44.7. The lowest BCUT2D eigenvalue weighted by molar-refractivity contribution is -0.332.